The zero-order chi connectivity index (χ0) is 39.0. The Balaban J connectivity index is 0.000000944. The van der Waals surface area contributed by atoms with Crippen LogP contribution in [-0.4, -0.2) is 73.4 Å². The molecule has 3 amide bonds. The smallest absolute Gasteiger partial charge is 0.490 e. The Kier molecular flexibility index (Phi) is 13.4. The molecule has 1 heterocycles. The van der Waals surface area contributed by atoms with Gasteiger partial charge in [-0.15, -0.1) is 0 Å². The summed E-state index contributed by atoms with van der Waals surface area (Å²) >= 11 is 0. The molecule has 0 radical (unpaired) electrons. The number of aromatic nitrogens is 1. The van der Waals surface area contributed by atoms with Crippen molar-refractivity contribution in [3.8, 4) is 5.75 Å². The summed E-state index contributed by atoms with van der Waals surface area (Å²) in [6.07, 6.45) is -3.52. The number of carboxylic acid groups (broad SMARTS) is 1. The van der Waals surface area contributed by atoms with Crippen LogP contribution in [0.2, 0.25) is 0 Å². The van der Waals surface area contributed by atoms with E-state index in [9.17, 15) is 31.2 Å². The lowest BCUT2D eigenvalue weighted by Crippen LogP contribution is -2.34. The molecule has 13 nitrogen and oxygen atoms in total. The van der Waals surface area contributed by atoms with Crippen LogP contribution >= 0.6 is 0 Å². The third kappa shape index (κ3) is 10.4. The molecule has 4 aromatic rings. The monoisotopic (exact) mass is 750 g/mol. The highest BCUT2D eigenvalue weighted by Gasteiger charge is 2.38. The number of hydrogen-bond acceptors (Lipinski definition) is 9. The van der Waals surface area contributed by atoms with Gasteiger partial charge in [0.05, 0.1) is 16.8 Å². The van der Waals surface area contributed by atoms with Gasteiger partial charge in [0, 0.05) is 49.2 Å². The number of rotatable bonds is 11. The molecule has 0 bridgehead atoms. The molecule has 1 unspecified atom stereocenters. The Bertz CT molecular complexity index is 2040. The molecule has 0 aliphatic carbocycles. The first kappa shape index (κ1) is 40.8. The number of aliphatic carboxylic acids is 1. The summed E-state index contributed by atoms with van der Waals surface area (Å²) in [5.41, 5.74) is 7.12. The van der Waals surface area contributed by atoms with Crippen LogP contribution < -0.4 is 26.4 Å². The number of urea groups is 1. The van der Waals surface area contributed by atoms with Crippen molar-refractivity contribution in [2.24, 2.45) is 0 Å². The summed E-state index contributed by atoms with van der Waals surface area (Å²) < 4.78 is 79.0. The first-order valence-corrected chi connectivity index (χ1v) is 17.1. The number of anilines is 3. The minimum Gasteiger partial charge on any atom is -0.494 e. The van der Waals surface area contributed by atoms with E-state index in [2.05, 4.69) is 20.9 Å². The van der Waals surface area contributed by atoms with Crippen LogP contribution in [0.25, 0.3) is 10.8 Å². The van der Waals surface area contributed by atoms with Gasteiger partial charge in [-0.3, -0.25) is 4.79 Å². The maximum atomic E-state index is 15.3. The van der Waals surface area contributed by atoms with E-state index in [0.717, 1.165) is 5.39 Å². The quantitative estimate of drug-likeness (QED) is 0.118. The topological polar surface area (TPSA) is 193 Å². The Hall–Kier alpha value is -5.65. The zero-order valence-corrected chi connectivity index (χ0v) is 29.5. The standard InChI is InChI=1S/C32H37FN6O5S.C2HF3O2/c1-6-44-24-9-11-27(33)26(17-24)29(37-22-7-10-25-20(15-22)13-14-35-30(25)34)31(40)36-18-21-16-23(38-32(41)39(4)5)8-12-28(21)45(42,43)19(2)3;3-2(4,5)1(6)7/h7-17,19,29,37H,6,18H2,1-5H3,(H2,34,35)(H,36,40)(H,38,41);(H,6,7). The number of nitrogens with two attached hydrogens (primary N) is 1. The average molecular weight is 751 g/mol. The number of ether oxygens (including phenoxy) is 1. The highest BCUT2D eigenvalue weighted by Crippen LogP contribution is 2.30. The van der Waals surface area contributed by atoms with Crippen molar-refractivity contribution >= 4 is 55.7 Å². The number of alkyl halides is 3. The Morgan fingerprint density at radius 2 is 1.65 bits per heavy atom. The number of nitrogens with one attached hydrogen (secondary N) is 3. The Labute approximate surface area is 297 Å². The molecule has 0 saturated heterocycles. The lowest BCUT2D eigenvalue weighted by molar-refractivity contribution is -0.192. The summed E-state index contributed by atoms with van der Waals surface area (Å²) in [7, 11) is -0.620. The molecule has 0 aliphatic heterocycles. The van der Waals surface area contributed by atoms with Gasteiger partial charge in [0.15, 0.2) is 9.84 Å². The van der Waals surface area contributed by atoms with E-state index in [1.54, 1.807) is 65.3 Å². The fourth-order valence-electron chi connectivity index (χ4n) is 4.59. The summed E-state index contributed by atoms with van der Waals surface area (Å²) in [5.74, 6) is -3.31. The number of nitrogen functional groups attached to an aromatic ring is 1. The van der Waals surface area contributed by atoms with Gasteiger partial charge in [-0.05, 0) is 92.4 Å². The highest BCUT2D eigenvalue weighted by atomic mass is 32.2. The van der Waals surface area contributed by atoms with E-state index >= 15 is 4.39 Å². The third-order valence-electron chi connectivity index (χ3n) is 7.30. The number of halogens is 4. The minimum absolute atomic E-state index is 0.00964. The number of amides is 3. The number of nitrogens with zero attached hydrogens (tertiary/aromatic N) is 2. The van der Waals surface area contributed by atoms with Crippen LogP contribution in [0.15, 0.2) is 71.8 Å². The Morgan fingerprint density at radius 1 is 1.00 bits per heavy atom. The van der Waals surface area contributed by atoms with Gasteiger partial charge in [0.2, 0.25) is 5.91 Å². The van der Waals surface area contributed by atoms with E-state index in [-0.39, 0.29) is 22.6 Å². The van der Waals surface area contributed by atoms with Gasteiger partial charge in [-0.25, -0.2) is 27.4 Å². The number of hydrogen-bond donors (Lipinski definition) is 5. The van der Waals surface area contributed by atoms with Crippen molar-refractivity contribution in [3.05, 3.63) is 83.8 Å². The van der Waals surface area contributed by atoms with Crippen LogP contribution in [0.4, 0.5) is 39.5 Å². The molecule has 0 saturated carbocycles. The molecule has 18 heteroatoms. The molecule has 0 fully saturated rings. The summed E-state index contributed by atoms with van der Waals surface area (Å²) in [5, 5.41) is 16.4. The molecule has 3 aromatic carbocycles. The first-order chi connectivity index (χ1) is 24.3. The normalized spacial score (nSPS) is 12.0. The lowest BCUT2D eigenvalue weighted by atomic mass is 10.0. The minimum atomic E-state index is -5.08. The van der Waals surface area contributed by atoms with Crippen LogP contribution in [0.1, 0.15) is 37.9 Å². The van der Waals surface area contributed by atoms with E-state index < -0.39 is 51.0 Å². The predicted molar refractivity (Wildman–Crippen MR) is 187 cm³/mol. The molecular formula is C34H38F4N6O7S. The van der Waals surface area contributed by atoms with E-state index in [4.69, 9.17) is 20.4 Å². The van der Waals surface area contributed by atoms with Crippen LogP contribution in [-0.2, 0) is 26.0 Å². The fraction of sp³-hybridized carbons (Fsp3) is 0.294. The number of benzene rings is 3. The second-order valence-corrected chi connectivity index (χ2v) is 14.1. The zero-order valence-electron chi connectivity index (χ0n) is 28.7. The van der Waals surface area contributed by atoms with Crippen molar-refractivity contribution < 1.29 is 50.2 Å². The molecule has 1 aromatic heterocycles. The van der Waals surface area contributed by atoms with Gasteiger partial charge >= 0.3 is 18.2 Å². The highest BCUT2D eigenvalue weighted by molar-refractivity contribution is 7.92. The van der Waals surface area contributed by atoms with Gasteiger partial charge in [-0.1, -0.05) is 0 Å². The van der Waals surface area contributed by atoms with Crippen molar-refractivity contribution in [1.82, 2.24) is 15.2 Å². The predicted octanol–water partition coefficient (Wildman–Crippen LogP) is 5.73. The largest absolute Gasteiger partial charge is 0.494 e. The molecule has 6 N–H and O–H groups in total. The van der Waals surface area contributed by atoms with Gasteiger partial charge in [0.25, 0.3) is 0 Å². The maximum absolute atomic E-state index is 15.3. The van der Waals surface area contributed by atoms with Crippen molar-refractivity contribution in [1.29, 1.82) is 0 Å². The SMILES string of the molecule is CCOc1ccc(F)c(C(Nc2ccc3c(N)nccc3c2)C(=O)NCc2cc(NC(=O)N(C)C)ccc2S(=O)(=O)C(C)C)c1.O=C(O)C(F)(F)F. The van der Waals surface area contributed by atoms with Crippen LogP contribution in [0, 0.1) is 5.82 Å². The number of carbonyl (C=O) groups is 3. The van der Waals surface area contributed by atoms with Crippen LogP contribution in [0.5, 0.6) is 5.75 Å². The van der Waals surface area contributed by atoms with Gasteiger partial charge < -0.3 is 36.4 Å². The molecule has 52 heavy (non-hydrogen) atoms. The molecule has 280 valence electrons. The first-order valence-electron chi connectivity index (χ1n) is 15.5. The summed E-state index contributed by atoms with van der Waals surface area (Å²) in [4.78, 5) is 40.5. The fourth-order valence-corrected chi connectivity index (χ4v) is 5.85. The average Bonchev–Trinajstić information content (AvgIpc) is 3.07. The lowest BCUT2D eigenvalue weighted by Gasteiger charge is -2.22. The second-order valence-electron chi connectivity index (χ2n) is 11.6. The Morgan fingerprint density at radius 3 is 2.25 bits per heavy atom. The molecule has 1 atom stereocenters. The van der Waals surface area contributed by atoms with Gasteiger partial charge in [-0.2, -0.15) is 13.2 Å². The number of pyridine rings is 1. The summed E-state index contributed by atoms with van der Waals surface area (Å²) in [6.45, 7) is 5.01. The maximum Gasteiger partial charge on any atom is 0.490 e. The molecular weight excluding hydrogens is 712 g/mol. The second kappa shape index (κ2) is 17.0. The molecule has 0 spiro atoms. The van der Waals surface area contributed by atoms with Crippen molar-refractivity contribution in [2.75, 3.05) is 37.1 Å². The van der Waals surface area contributed by atoms with E-state index in [1.165, 1.54) is 41.3 Å². The molecule has 4 rings (SSSR count). The summed E-state index contributed by atoms with van der Waals surface area (Å²) in [6, 6.07) is 13.9. The van der Waals surface area contributed by atoms with Crippen molar-refractivity contribution in [3.63, 3.8) is 0 Å². The van der Waals surface area contributed by atoms with Crippen molar-refractivity contribution in [2.45, 2.75) is 49.7 Å². The van der Waals surface area contributed by atoms with Crippen LogP contribution in [0.3, 0.4) is 0 Å². The number of carbonyl (C=O) groups excluding carboxylic acids is 2. The number of sulfone groups is 1. The number of carboxylic acids is 1. The van der Waals surface area contributed by atoms with E-state index in [0.29, 0.717) is 34.9 Å². The number of fused-ring (bicyclic) bond motifs is 1. The van der Waals surface area contributed by atoms with E-state index in [1.807, 2.05) is 0 Å². The third-order valence-corrected chi connectivity index (χ3v) is 9.55. The molecule has 0 aliphatic rings. The van der Waals surface area contributed by atoms with Gasteiger partial charge in [0.1, 0.15) is 23.4 Å².